The van der Waals surface area contributed by atoms with Crippen LogP contribution in [0.25, 0.3) is 17.0 Å². The topological polar surface area (TPSA) is 60.5 Å². The van der Waals surface area contributed by atoms with Crippen molar-refractivity contribution in [3.63, 3.8) is 0 Å². The largest absolute Gasteiger partial charge is 0.472 e. The van der Waals surface area contributed by atoms with E-state index < -0.39 is 0 Å². The number of aromatic nitrogens is 1. The lowest BCUT2D eigenvalue weighted by atomic mass is 10.1. The Morgan fingerprint density at radius 2 is 2.27 bits per heavy atom. The summed E-state index contributed by atoms with van der Waals surface area (Å²) in [6.45, 7) is 4.41. The van der Waals surface area contributed by atoms with Gasteiger partial charge < -0.3 is 14.8 Å². The van der Waals surface area contributed by atoms with Gasteiger partial charge in [0.15, 0.2) is 0 Å². The van der Waals surface area contributed by atoms with Crippen molar-refractivity contribution in [3.05, 3.63) is 42.5 Å². The summed E-state index contributed by atoms with van der Waals surface area (Å²) in [5.41, 5.74) is 1.72. The molecule has 2 aromatic rings. The van der Waals surface area contributed by atoms with E-state index in [2.05, 4.69) is 16.9 Å². The number of benzene rings is 1. The van der Waals surface area contributed by atoms with Gasteiger partial charge in [0.2, 0.25) is 5.88 Å². The maximum absolute atomic E-state index is 11.5. The van der Waals surface area contributed by atoms with Crippen molar-refractivity contribution in [3.8, 4) is 5.88 Å². The number of pyridine rings is 1. The molecule has 0 saturated carbocycles. The number of carbonyl (C=O) groups excluding carboxylic acids is 1. The minimum Gasteiger partial charge on any atom is -0.472 e. The van der Waals surface area contributed by atoms with E-state index >= 15 is 0 Å². The summed E-state index contributed by atoms with van der Waals surface area (Å²) >= 11 is 0. The first-order chi connectivity index (χ1) is 10.7. The highest BCUT2D eigenvalue weighted by molar-refractivity contribution is 5.82. The van der Waals surface area contributed by atoms with Crippen molar-refractivity contribution in [1.82, 2.24) is 10.3 Å². The Hall–Kier alpha value is -2.40. The minimum atomic E-state index is -0.317. The molecule has 1 aromatic heterocycles. The van der Waals surface area contributed by atoms with Crippen LogP contribution in [0.2, 0.25) is 0 Å². The van der Waals surface area contributed by atoms with Crippen LogP contribution in [0.15, 0.2) is 36.9 Å². The second-order valence-corrected chi connectivity index (χ2v) is 5.24. The van der Waals surface area contributed by atoms with Crippen molar-refractivity contribution in [2.45, 2.75) is 18.6 Å². The smallest absolute Gasteiger partial charge is 0.323 e. The third-order valence-electron chi connectivity index (χ3n) is 3.79. The maximum atomic E-state index is 11.5. The van der Waals surface area contributed by atoms with Gasteiger partial charge in [0.05, 0.1) is 12.6 Å². The Bertz CT molecular complexity index is 714. The van der Waals surface area contributed by atoms with Gasteiger partial charge in [-0.05, 0) is 12.1 Å². The summed E-state index contributed by atoms with van der Waals surface area (Å²) in [6, 6.07) is 9.55. The molecule has 0 aliphatic carbocycles. The molecule has 1 aliphatic rings. The van der Waals surface area contributed by atoms with E-state index in [1.165, 1.54) is 7.11 Å². The van der Waals surface area contributed by atoms with Crippen LogP contribution < -0.4 is 10.1 Å². The van der Waals surface area contributed by atoms with Gasteiger partial charge in [0.1, 0.15) is 12.1 Å². The second-order valence-electron chi connectivity index (χ2n) is 5.24. The summed E-state index contributed by atoms with van der Waals surface area (Å²) in [4.78, 5) is 16.1. The third kappa shape index (κ3) is 2.80. The number of esters is 1. The number of para-hydroxylation sites is 1. The van der Waals surface area contributed by atoms with Gasteiger partial charge in [0.25, 0.3) is 0 Å². The Balaban J connectivity index is 1.82. The average molecular weight is 298 g/mol. The predicted molar refractivity (Wildman–Crippen MR) is 84.7 cm³/mol. The highest BCUT2D eigenvalue weighted by Crippen LogP contribution is 2.25. The first-order valence-corrected chi connectivity index (χ1v) is 7.21. The van der Waals surface area contributed by atoms with Crippen molar-refractivity contribution in [1.29, 1.82) is 0 Å². The molecule has 22 heavy (non-hydrogen) atoms. The van der Waals surface area contributed by atoms with Crippen LogP contribution in [0.5, 0.6) is 5.88 Å². The molecule has 3 rings (SSSR count). The fourth-order valence-corrected chi connectivity index (χ4v) is 2.63. The molecule has 5 heteroatoms. The van der Waals surface area contributed by atoms with E-state index in [0.29, 0.717) is 18.8 Å². The molecule has 0 spiro atoms. The maximum Gasteiger partial charge on any atom is 0.323 e. The van der Waals surface area contributed by atoms with E-state index in [1.807, 2.05) is 30.3 Å². The molecular weight excluding hydrogens is 280 g/mol. The van der Waals surface area contributed by atoms with Gasteiger partial charge in [-0.15, -0.1) is 0 Å². The Morgan fingerprint density at radius 1 is 1.45 bits per heavy atom. The lowest BCUT2D eigenvalue weighted by Gasteiger charge is -2.14. The average Bonchev–Trinajstić information content (AvgIpc) is 3.02. The predicted octanol–water partition coefficient (Wildman–Crippen LogP) is 2.16. The molecule has 0 bridgehead atoms. The van der Waals surface area contributed by atoms with Crippen LogP contribution in [0.4, 0.5) is 0 Å². The zero-order valence-corrected chi connectivity index (χ0v) is 12.4. The summed E-state index contributed by atoms with van der Waals surface area (Å²) < 4.78 is 10.7. The lowest BCUT2D eigenvalue weighted by molar-refractivity contribution is -0.142. The SMILES string of the molecule is C=Cc1cc2ccccc2nc1OC1CN[C@H](C(=O)OC)C1. The van der Waals surface area contributed by atoms with Crippen LogP contribution in [0, 0.1) is 0 Å². The number of rotatable bonds is 4. The van der Waals surface area contributed by atoms with E-state index in [4.69, 9.17) is 9.47 Å². The van der Waals surface area contributed by atoms with Gasteiger partial charge in [-0.3, -0.25) is 4.79 Å². The normalized spacial score (nSPS) is 20.8. The summed E-state index contributed by atoms with van der Waals surface area (Å²) in [7, 11) is 1.39. The Morgan fingerprint density at radius 3 is 3.05 bits per heavy atom. The van der Waals surface area contributed by atoms with Gasteiger partial charge in [0, 0.05) is 23.9 Å². The number of nitrogens with zero attached hydrogens (tertiary/aromatic N) is 1. The van der Waals surface area contributed by atoms with Gasteiger partial charge >= 0.3 is 5.97 Å². The van der Waals surface area contributed by atoms with Gasteiger partial charge in [-0.1, -0.05) is 30.9 Å². The minimum absolute atomic E-state index is 0.114. The number of hydrogen-bond acceptors (Lipinski definition) is 5. The summed E-state index contributed by atoms with van der Waals surface area (Å²) in [5, 5.41) is 4.14. The van der Waals surface area contributed by atoms with Gasteiger partial charge in [-0.2, -0.15) is 0 Å². The molecule has 1 N–H and O–H groups in total. The first kappa shape index (κ1) is 14.5. The van der Waals surface area contributed by atoms with Crippen molar-refractivity contribution in [2.75, 3.05) is 13.7 Å². The lowest BCUT2D eigenvalue weighted by Crippen LogP contribution is -2.31. The Kier molecular flexibility index (Phi) is 4.06. The number of methoxy groups -OCH3 is 1. The number of fused-ring (bicyclic) bond motifs is 1. The molecular formula is C17H18N2O3. The van der Waals surface area contributed by atoms with Crippen molar-refractivity contribution >= 4 is 22.9 Å². The molecule has 2 heterocycles. The number of nitrogens with one attached hydrogen (secondary N) is 1. The highest BCUT2D eigenvalue weighted by Gasteiger charge is 2.31. The van der Waals surface area contributed by atoms with Crippen LogP contribution in [-0.2, 0) is 9.53 Å². The molecule has 5 nitrogen and oxygen atoms in total. The first-order valence-electron chi connectivity index (χ1n) is 7.21. The summed E-state index contributed by atoms with van der Waals surface area (Å²) in [5.74, 6) is 0.285. The molecule has 114 valence electrons. The molecule has 0 radical (unpaired) electrons. The third-order valence-corrected chi connectivity index (χ3v) is 3.79. The van der Waals surface area contributed by atoms with Crippen LogP contribution in [-0.4, -0.2) is 36.8 Å². The fourth-order valence-electron chi connectivity index (χ4n) is 2.63. The van der Waals surface area contributed by atoms with Crippen LogP contribution >= 0.6 is 0 Å². The molecule has 1 aliphatic heterocycles. The molecule has 2 atom stereocenters. The number of carbonyl (C=O) groups is 1. The molecule has 0 amide bonds. The number of ether oxygens (including phenoxy) is 2. The Labute approximate surface area is 128 Å². The summed E-state index contributed by atoms with van der Waals surface area (Å²) in [6.07, 6.45) is 2.18. The van der Waals surface area contributed by atoms with Crippen LogP contribution in [0.3, 0.4) is 0 Å². The fraction of sp³-hybridized carbons (Fsp3) is 0.294. The van der Waals surface area contributed by atoms with Crippen molar-refractivity contribution < 1.29 is 14.3 Å². The zero-order chi connectivity index (χ0) is 15.5. The molecule has 1 unspecified atom stereocenters. The number of hydrogen-bond donors (Lipinski definition) is 1. The van der Waals surface area contributed by atoms with E-state index in [1.54, 1.807) is 6.08 Å². The molecule has 1 aromatic carbocycles. The standard InChI is InChI=1S/C17H18N2O3/c1-3-11-8-12-6-4-5-7-14(12)19-16(11)22-13-9-15(18-10-13)17(20)21-2/h3-8,13,15,18H,1,9-10H2,2H3/t13?,15-/m0/s1. The van der Waals surface area contributed by atoms with E-state index in [0.717, 1.165) is 16.5 Å². The van der Waals surface area contributed by atoms with E-state index in [9.17, 15) is 4.79 Å². The van der Waals surface area contributed by atoms with E-state index in [-0.39, 0.29) is 18.1 Å². The van der Waals surface area contributed by atoms with Crippen molar-refractivity contribution in [2.24, 2.45) is 0 Å². The molecule has 1 fully saturated rings. The van der Waals surface area contributed by atoms with Crippen LogP contribution in [0.1, 0.15) is 12.0 Å². The second kappa shape index (κ2) is 6.15. The van der Waals surface area contributed by atoms with Gasteiger partial charge in [-0.25, -0.2) is 4.98 Å². The zero-order valence-electron chi connectivity index (χ0n) is 12.4. The monoisotopic (exact) mass is 298 g/mol. The quantitative estimate of drug-likeness (QED) is 0.877. The molecule has 1 saturated heterocycles. The highest BCUT2D eigenvalue weighted by atomic mass is 16.5.